The van der Waals surface area contributed by atoms with Crippen LogP contribution < -0.4 is 15.4 Å². The minimum absolute atomic E-state index is 0.133. The van der Waals surface area contributed by atoms with Crippen LogP contribution in [0.5, 0.6) is 11.6 Å². The van der Waals surface area contributed by atoms with Gasteiger partial charge >= 0.3 is 6.18 Å². The topological polar surface area (TPSA) is 59.1 Å². The number of thiocarbonyl (C=S) groups is 1. The van der Waals surface area contributed by atoms with Crippen molar-refractivity contribution in [1.29, 1.82) is 0 Å². The molecule has 0 aliphatic heterocycles. The molecule has 1 fully saturated rings. The van der Waals surface area contributed by atoms with E-state index in [0.717, 1.165) is 37.3 Å². The minimum atomic E-state index is -4.68. The number of nitrogens with one attached hydrogen (secondary N) is 2. The van der Waals surface area contributed by atoms with Gasteiger partial charge in [-0.1, -0.05) is 61.2 Å². The van der Waals surface area contributed by atoms with Crippen molar-refractivity contribution >= 4 is 34.9 Å². The zero-order chi connectivity index (χ0) is 24.9. The summed E-state index contributed by atoms with van der Waals surface area (Å²) in [4.78, 5) is 7.67. The van der Waals surface area contributed by atoms with Gasteiger partial charge in [0.25, 0.3) is 0 Å². The van der Waals surface area contributed by atoms with Crippen molar-refractivity contribution in [2.24, 2.45) is 0 Å². The SMILES string of the molecule is FC(F)(F)c1cc(Oc2ccccc2)nc(NC(=S)NCC2(c3ccc(Cl)cc3)CCCCC2)n1. The van der Waals surface area contributed by atoms with Gasteiger partial charge in [-0.3, -0.25) is 0 Å². The summed E-state index contributed by atoms with van der Waals surface area (Å²) in [7, 11) is 0. The molecule has 4 rings (SSSR count). The first-order chi connectivity index (χ1) is 16.7. The number of benzene rings is 2. The number of rotatable bonds is 6. The van der Waals surface area contributed by atoms with Crippen LogP contribution in [0, 0.1) is 0 Å². The highest BCUT2D eigenvalue weighted by Crippen LogP contribution is 2.39. The number of hydrogen-bond acceptors (Lipinski definition) is 4. The fourth-order valence-corrected chi connectivity index (χ4v) is 4.57. The lowest BCUT2D eigenvalue weighted by Gasteiger charge is -2.38. The maximum absolute atomic E-state index is 13.5. The maximum atomic E-state index is 13.5. The third kappa shape index (κ3) is 6.61. The summed E-state index contributed by atoms with van der Waals surface area (Å²) in [6, 6.07) is 17.0. The quantitative estimate of drug-likeness (QED) is 0.337. The van der Waals surface area contributed by atoms with Crippen LogP contribution in [0.1, 0.15) is 43.4 Å². The van der Waals surface area contributed by atoms with E-state index in [1.807, 2.05) is 24.3 Å². The van der Waals surface area contributed by atoms with E-state index >= 15 is 0 Å². The standard InChI is InChI=1S/C25H24ClF3N4OS/c26-18-11-9-17(10-12-18)24(13-5-2-6-14-24)16-30-23(35)33-22-31-20(25(27,28)29)15-21(32-22)34-19-7-3-1-4-8-19/h1,3-4,7-12,15H,2,5-6,13-14,16H2,(H2,30,31,32,33,35). The predicted molar refractivity (Wildman–Crippen MR) is 134 cm³/mol. The summed E-state index contributed by atoms with van der Waals surface area (Å²) < 4.78 is 45.9. The zero-order valence-electron chi connectivity index (χ0n) is 18.7. The van der Waals surface area contributed by atoms with Gasteiger partial charge in [0.1, 0.15) is 5.75 Å². The van der Waals surface area contributed by atoms with Gasteiger partial charge in [-0.2, -0.15) is 18.2 Å². The average Bonchev–Trinajstić information content (AvgIpc) is 2.84. The summed E-state index contributed by atoms with van der Waals surface area (Å²) >= 11 is 11.5. The number of para-hydroxylation sites is 1. The molecule has 1 aromatic heterocycles. The highest BCUT2D eigenvalue weighted by Gasteiger charge is 2.35. The minimum Gasteiger partial charge on any atom is -0.439 e. The molecule has 0 spiro atoms. The molecule has 184 valence electrons. The molecule has 0 bridgehead atoms. The number of ether oxygens (including phenoxy) is 1. The molecule has 2 N–H and O–H groups in total. The van der Waals surface area contributed by atoms with E-state index in [2.05, 4.69) is 20.6 Å². The van der Waals surface area contributed by atoms with E-state index < -0.39 is 11.9 Å². The van der Waals surface area contributed by atoms with E-state index in [0.29, 0.717) is 17.3 Å². The van der Waals surface area contributed by atoms with Crippen molar-refractivity contribution in [3.63, 3.8) is 0 Å². The lowest BCUT2D eigenvalue weighted by molar-refractivity contribution is -0.141. The van der Waals surface area contributed by atoms with Gasteiger partial charge in [0.15, 0.2) is 10.8 Å². The molecule has 0 atom stereocenters. The van der Waals surface area contributed by atoms with Crippen molar-refractivity contribution in [3.8, 4) is 11.6 Å². The maximum Gasteiger partial charge on any atom is 0.433 e. The fourth-order valence-electron chi connectivity index (χ4n) is 4.28. The van der Waals surface area contributed by atoms with Crippen LogP contribution >= 0.6 is 23.8 Å². The Hall–Kier alpha value is -2.91. The third-order valence-corrected chi connectivity index (χ3v) is 6.54. The first-order valence-corrected chi connectivity index (χ1v) is 12.0. The predicted octanol–water partition coefficient (Wildman–Crippen LogP) is 7.13. The van der Waals surface area contributed by atoms with Crippen molar-refractivity contribution in [1.82, 2.24) is 15.3 Å². The molecule has 10 heteroatoms. The molecule has 0 radical (unpaired) electrons. The smallest absolute Gasteiger partial charge is 0.433 e. The Balaban J connectivity index is 1.50. The Bertz CT molecular complexity index is 1150. The molecule has 1 aliphatic carbocycles. The molecule has 35 heavy (non-hydrogen) atoms. The molecule has 1 heterocycles. The third-order valence-electron chi connectivity index (χ3n) is 6.04. The van der Waals surface area contributed by atoms with Crippen molar-refractivity contribution in [2.75, 3.05) is 11.9 Å². The van der Waals surface area contributed by atoms with E-state index in [1.165, 1.54) is 6.42 Å². The Morgan fingerprint density at radius 3 is 2.34 bits per heavy atom. The summed E-state index contributed by atoms with van der Waals surface area (Å²) in [5.41, 5.74) is -0.121. The van der Waals surface area contributed by atoms with Gasteiger partial charge in [-0.25, -0.2) is 4.98 Å². The van der Waals surface area contributed by atoms with Crippen LogP contribution in [0.15, 0.2) is 60.7 Å². The van der Waals surface area contributed by atoms with Gasteiger partial charge in [0, 0.05) is 23.0 Å². The Kier molecular flexibility index (Phi) is 7.76. The van der Waals surface area contributed by atoms with Gasteiger partial charge in [0.05, 0.1) is 0 Å². The molecular formula is C25H24ClF3N4OS. The van der Waals surface area contributed by atoms with Crippen molar-refractivity contribution < 1.29 is 17.9 Å². The lowest BCUT2D eigenvalue weighted by Crippen LogP contribution is -2.43. The zero-order valence-corrected chi connectivity index (χ0v) is 20.3. The normalized spacial score (nSPS) is 15.3. The number of anilines is 1. The van der Waals surface area contributed by atoms with Gasteiger partial charge in [-0.15, -0.1) is 0 Å². The van der Waals surface area contributed by atoms with E-state index in [4.69, 9.17) is 28.6 Å². The molecular weight excluding hydrogens is 497 g/mol. The number of aromatic nitrogens is 2. The van der Waals surface area contributed by atoms with E-state index in [-0.39, 0.29) is 22.4 Å². The number of halogens is 4. The van der Waals surface area contributed by atoms with Crippen LogP contribution in [-0.4, -0.2) is 21.6 Å². The number of nitrogens with zero attached hydrogens (tertiary/aromatic N) is 2. The highest BCUT2D eigenvalue weighted by molar-refractivity contribution is 7.80. The molecule has 1 saturated carbocycles. The molecule has 0 saturated heterocycles. The van der Waals surface area contributed by atoms with E-state index in [9.17, 15) is 13.2 Å². The van der Waals surface area contributed by atoms with Gasteiger partial charge in [0.2, 0.25) is 11.8 Å². The van der Waals surface area contributed by atoms with Crippen LogP contribution in [-0.2, 0) is 11.6 Å². The summed E-state index contributed by atoms with van der Waals surface area (Å²) in [6.07, 6.45) is 0.603. The van der Waals surface area contributed by atoms with Crippen LogP contribution in [0.3, 0.4) is 0 Å². The monoisotopic (exact) mass is 520 g/mol. The van der Waals surface area contributed by atoms with Crippen molar-refractivity contribution in [2.45, 2.75) is 43.7 Å². The van der Waals surface area contributed by atoms with Crippen LogP contribution in [0.25, 0.3) is 0 Å². The van der Waals surface area contributed by atoms with Crippen LogP contribution in [0.2, 0.25) is 5.02 Å². The lowest BCUT2D eigenvalue weighted by atomic mass is 9.69. The second-order valence-corrected chi connectivity index (χ2v) is 9.33. The largest absolute Gasteiger partial charge is 0.439 e. The highest BCUT2D eigenvalue weighted by atomic mass is 35.5. The first kappa shape index (κ1) is 25.2. The molecule has 5 nitrogen and oxygen atoms in total. The fraction of sp³-hybridized carbons (Fsp3) is 0.320. The molecule has 3 aromatic rings. The van der Waals surface area contributed by atoms with Crippen molar-refractivity contribution in [3.05, 3.63) is 76.9 Å². The van der Waals surface area contributed by atoms with Gasteiger partial charge in [-0.05, 0) is 54.9 Å². The molecule has 0 unspecified atom stereocenters. The molecule has 0 amide bonds. The Labute approximate surface area is 212 Å². The van der Waals surface area contributed by atoms with Gasteiger partial charge < -0.3 is 15.4 Å². The summed E-state index contributed by atoms with van der Waals surface area (Å²) in [5.74, 6) is -0.186. The first-order valence-electron chi connectivity index (χ1n) is 11.2. The molecule has 1 aliphatic rings. The second-order valence-electron chi connectivity index (χ2n) is 8.48. The summed E-state index contributed by atoms with van der Waals surface area (Å²) in [6.45, 7) is 0.521. The number of alkyl halides is 3. The molecule has 2 aromatic carbocycles. The number of hydrogen-bond donors (Lipinski definition) is 2. The van der Waals surface area contributed by atoms with Crippen LogP contribution in [0.4, 0.5) is 19.1 Å². The Morgan fingerprint density at radius 2 is 1.69 bits per heavy atom. The Morgan fingerprint density at radius 1 is 1.00 bits per heavy atom. The average molecular weight is 521 g/mol. The summed E-state index contributed by atoms with van der Waals surface area (Å²) in [5, 5.41) is 6.66. The second kappa shape index (κ2) is 10.8. The van der Waals surface area contributed by atoms with E-state index in [1.54, 1.807) is 30.3 Å².